The van der Waals surface area contributed by atoms with Crippen molar-refractivity contribution in [2.45, 2.75) is 27.3 Å². The van der Waals surface area contributed by atoms with E-state index in [-0.39, 0.29) is 12.3 Å². The van der Waals surface area contributed by atoms with Crippen LogP contribution in [0.5, 0.6) is 0 Å². The Bertz CT molecular complexity index is 1290. The highest BCUT2D eigenvalue weighted by Crippen LogP contribution is 2.29. The summed E-state index contributed by atoms with van der Waals surface area (Å²) < 4.78 is 41.4. The molecule has 0 N–H and O–H groups in total. The molecule has 0 saturated heterocycles. The second-order valence-electron chi connectivity index (χ2n) is 7.33. The van der Waals surface area contributed by atoms with Crippen LogP contribution in [0.2, 0.25) is 5.02 Å². The molecule has 8 heteroatoms. The molecule has 32 heavy (non-hydrogen) atoms. The molecule has 0 fully saturated rings. The Morgan fingerprint density at radius 1 is 0.906 bits per heavy atom. The van der Waals surface area contributed by atoms with Gasteiger partial charge in [-0.15, -0.1) is 0 Å². The number of hydrogen-bond donors (Lipinski definition) is 0. The average molecular weight is 485 g/mol. The van der Waals surface area contributed by atoms with E-state index in [0.29, 0.717) is 25.9 Å². The quantitative estimate of drug-likeness (QED) is 0.350. The maximum Gasteiger partial charge on any atom is 0.163 e. The van der Waals surface area contributed by atoms with Gasteiger partial charge in [-0.3, -0.25) is 0 Å². The van der Waals surface area contributed by atoms with Crippen molar-refractivity contribution >= 4 is 32.2 Å². The molecular formula is C24H21ClN2O3S2. The number of nitrogens with zero attached hydrogens (tertiary/aromatic N) is 2. The molecule has 4 rings (SSSR count). The van der Waals surface area contributed by atoms with E-state index in [0.717, 1.165) is 0 Å². The summed E-state index contributed by atoms with van der Waals surface area (Å²) in [7, 11) is -4.90. The molecule has 1 heterocycles. The predicted octanol–water partition coefficient (Wildman–Crippen LogP) is 5.06. The zero-order valence-corrected chi connectivity index (χ0v) is 19.4. The van der Waals surface area contributed by atoms with Crippen LogP contribution in [0.15, 0.2) is 107 Å². The molecular weight excluding hydrogens is 464 g/mol. The topological polar surface area (TPSA) is 69.0 Å². The Morgan fingerprint density at radius 2 is 1.56 bits per heavy atom. The van der Waals surface area contributed by atoms with Gasteiger partial charge >= 0.3 is 0 Å². The number of sulfone groups is 1. The summed E-state index contributed by atoms with van der Waals surface area (Å²) >= 11 is 5.94. The molecule has 0 aliphatic carbocycles. The van der Waals surface area contributed by atoms with Gasteiger partial charge in [0.25, 0.3) is 0 Å². The molecule has 0 saturated carbocycles. The SMILES string of the molecule is O=S(c1ccccc1)c1ccc(C(Cn2ccnc2)S(=O)(=O)Cc2ccc(Cl)cc2)cc1. The standard InChI is InChI=1S/C24H21ClN2O3S2/c25-21-10-6-19(7-11-21)17-32(29,30)24(16-27-15-14-26-18-27)20-8-12-23(13-9-20)31(28)22-4-2-1-3-5-22/h1-15,18,24H,16-17H2. The van der Waals surface area contributed by atoms with Crippen molar-refractivity contribution in [3.8, 4) is 0 Å². The van der Waals surface area contributed by atoms with Crippen LogP contribution < -0.4 is 0 Å². The van der Waals surface area contributed by atoms with Gasteiger partial charge in [-0.25, -0.2) is 17.6 Å². The largest absolute Gasteiger partial charge is 0.336 e. The van der Waals surface area contributed by atoms with E-state index >= 15 is 0 Å². The maximum atomic E-state index is 13.4. The van der Waals surface area contributed by atoms with E-state index in [9.17, 15) is 12.6 Å². The van der Waals surface area contributed by atoms with Crippen molar-refractivity contribution in [1.82, 2.24) is 9.55 Å². The third-order valence-electron chi connectivity index (χ3n) is 5.07. The summed E-state index contributed by atoms with van der Waals surface area (Å²) in [5, 5.41) is -0.227. The van der Waals surface area contributed by atoms with Crippen LogP contribution in [0, 0.1) is 0 Å². The van der Waals surface area contributed by atoms with Crippen LogP contribution in [-0.4, -0.2) is 22.2 Å². The Hall–Kier alpha value is -2.74. The van der Waals surface area contributed by atoms with Gasteiger partial charge in [0.15, 0.2) is 9.84 Å². The molecule has 2 atom stereocenters. The second-order valence-corrected chi connectivity index (χ2v) is 11.4. The summed E-state index contributed by atoms with van der Waals surface area (Å²) in [6, 6.07) is 22.9. The van der Waals surface area contributed by atoms with Crippen molar-refractivity contribution in [3.63, 3.8) is 0 Å². The molecule has 0 amide bonds. The molecule has 3 aromatic carbocycles. The lowest BCUT2D eigenvalue weighted by Gasteiger charge is -2.19. The monoisotopic (exact) mass is 484 g/mol. The highest BCUT2D eigenvalue weighted by Gasteiger charge is 2.28. The van der Waals surface area contributed by atoms with Crippen LogP contribution >= 0.6 is 11.6 Å². The summed E-state index contributed by atoms with van der Waals surface area (Å²) in [4.78, 5) is 5.35. The number of rotatable bonds is 8. The highest BCUT2D eigenvalue weighted by atomic mass is 35.5. The Morgan fingerprint density at radius 3 is 2.19 bits per heavy atom. The first-order valence-electron chi connectivity index (χ1n) is 9.91. The third kappa shape index (κ3) is 5.35. The lowest BCUT2D eigenvalue weighted by atomic mass is 10.1. The van der Waals surface area contributed by atoms with E-state index in [2.05, 4.69) is 4.98 Å². The van der Waals surface area contributed by atoms with Crippen LogP contribution in [0.1, 0.15) is 16.4 Å². The smallest absolute Gasteiger partial charge is 0.163 e. The van der Waals surface area contributed by atoms with Gasteiger partial charge in [0, 0.05) is 33.8 Å². The minimum absolute atomic E-state index is 0.110. The number of benzene rings is 3. The first-order chi connectivity index (χ1) is 15.4. The van der Waals surface area contributed by atoms with Crippen LogP contribution in [0.3, 0.4) is 0 Å². The first-order valence-corrected chi connectivity index (χ1v) is 13.2. The number of aromatic nitrogens is 2. The van der Waals surface area contributed by atoms with Crippen LogP contribution in [-0.2, 0) is 32.9 Å². The summed E-state index contributed by atoms with van der Waals surface area (Å²) in [5.74, 6) is -0.110. The molecule has 0 spiro atoms. The van der Waals surface area contributed by atoms with Gasteiger partial charge in [-0.2, -0.15) is 0 Å². The zero-order chi connectivity index (χ0) is 22.6. The minimum atomic E-state index is -3.57. The molecule has 0 aliphatic heterocycles. The van der Waals surface area contributed by atoms with Crippen molar-refractivity contribution in [1.29, 1.82) is 0 Å². The summed E-state index contributed by atoms with van der Waals surface area (Å²) in [6.07, 6.45) is 4.96. The molecule has 0 aliphatic rings. The van der Waals surface area contributed by atoms with Crippen molar-refractivity contribution in [3.05, 3.63) is 114 Å². The van der Waals surface area contributed by atoms with Crippen molar-refractivity contribution < 1.29 is 12.6 Å². The van der Waals surface area contributed by atoms with Crippen molar-refractivity contribution in [2.75, 3.05) is 0 Å². The van der Waals surface area contributed by atoms with E-state index in [4.69, 9.17) is 11.6 Å². The van der Waals surface area contributed by atoms with Gasteiger partial charge in [0.1, 0.15) is 5.25 Å². The molecule has 4 aromatic rings. The van der Waals surface area contributed by atoms with Crippen LogP contribution in [0.25, 0.3) is 0 Å². The van der Waals surface area contributed by atoms with Gasteiger partial charge in [-0.05, 0) is 47.5 Å². The fourth-order valence-corrected chi connectivity index (χ4v) is 6.43. The summed E-state index contributed by atoms with van der Waals surface area (Å²) in [6.45, 7) is 0.233. The van der Waals surface area contributed by atoms with E-state index in [1.54, 1.807) is 71.8 Å². The van der Waals surface area contributed by atoms with Gasteiger partial charge in [0.2, 0.25) is 0 Å². The van der Waals surface area contributed by atoms with E-state index < -0.39 is 25.9 Å². The Balaban J connectivity index is 1.64. The lowest BCUT2D eigenvalue weighted by Crippen LogP contribution is -2.20. The second kappa shape index (κ2) is 9.81. The van der Waals surface area contributed by atoms with Gasteiger partial charge in [-0.1, -0.05) is 54.1 Å². The molecule has 164 valence electrons. The van der Waals surface area contributed by atoms with E-state index in [1.807, 2.05) is 30.3 Å². The molecule has 0 radical (unpaired) electrons. The lowest BCUT2D eigenvalue weighted by molar-refractivity contribution is 0.561. The maximum absolute atomic E-state index is 13.4. The Labute approximate surface area is 195 Å². The molecule has 2 unspecified atom stereocenters. The van der Waals surface area contributed by atoms with Gasteiger partial charge in [0.05, 0.1) is 22.9 Å². The summed E-state index contributed by atoms with van der Waals surface area (Å²) in [5.41, 5.74) is 1.31. The molecule has 0 bridgehead atoms. The third-order valence-corrected chi connectivity index (χ3v) is 8.75. The normalized spacial score (nSPS) is 13.5. The minimum Gasteiger partial charge on any atom is -0.336 e. The average Bonchev–Trinajstić information content (AvgIpc) is 3.32. The number of halogens is 1. The van der Waals surface area contributed by atoms with Crippen molar-refractivity contribution in [2.24, 2.45) is 0 Å². The molecule has 5 nitrogen and oxygen atoms in total. The van der Waals surface area contributed by atoms with Gasteiger partial charge < -0.3 is 4.57 Å². The van der Waals surface area contributed by atoms with E-state index in [1.165, 1.54) is 0 Å². The highest BCUT2D eigenvalue weighted by molar-refractivity contribution is 7.90. The fourth-order valence-electron chi connectivity index (χ4n) is 3.41. The number of imidazole rings is 1. The first kappa shape index (κ1) is 22.5. The Kier molecular flexibility index (Phi) is 6.89. The number of hydrogen-bond acceptors (Lipinski definition) is 4. The fraction of sp³-hybridized carbons (Fsp3) is 0.125. The zero-order valence-electron chi connectivity index (χ0n) is 17.0. The predicted molar refractivity (Wildman–Crippen MR) is 127 cm³/mol. The molecule has 1 aromatic heterocycles. The van der Waals surface area contributed by atoms with Crippen LogP contribution in [0.4, 0.5) is 0 Å².